The first kappa shape index (κ1) is 21.1. The summed E-state index contributed by atoms with van der Waals surface area (Å²) in [4.78, 5) is 33.6. The van der Waals surface area contributed by atoms with Gasteiger partial charge in [0.1, 0.15) is 5.75 Å². The zero-order valence-corrected chi connectivity index (χ0v) is 17.9. The van der Waals surface area contributed by atoms with Crippen molar-refractivity contribution in [2.24, 2.45) is 5.92 Å². The normalized spacial score (nSPS) is 22.9. The van der Waals surface area contributed by atoms with E-state index in [2.05, 4.69) is 17.1 Å². The molecule has 0 aliphatic carbocycles. The number of carbonyl (C=O) groups excluding carboxylic acids is 2. The van der Waals surface area contributed by atoms with Crippen molar-refractivity contribution in [1.82, 2.24) is 14.8 Å². The van der Waals surface area contributed by atoms with Crippen LogP contribution in [0.2, 0.25) is 0 Å². The number of carbonyl (C=O) groups is 2. The molecular formula is C25H29N3O3. The van der Waals surface area contributed by atoms with Crippen LogP contribution in [0.15, 0.2) is 60.9 Å². The minimum Gasteiger partial charge on any atom is -0.483 e. The number of pyridine rings is 1. The van der Waals surface area contributed by atoms with Gasteiger partial charge in [-0.25, -0.2) is 0 Å². The van der Waals surface area contributed by atoms with Crippen LogP contribution < -0.4 is 4.74 Å². The van der Waals surface area contributed by atoms with Crippen molar-refractivity contribution in [3.8, 4) is 5.75 Å². The second kappa shape index (κ2) is 9.77. The van der Waals surface area contributed by atoms with Crippen LogP contribution in [0.3, 0.4) is 0 Å². The van der Waals surface area contributed by atoms with Crippen molar-refractivity contribution < 1.29 is 14.3 Å². The fraction of sp³-hybridized carbons (Fsp3) is 0.400. The summed E-state index contributed by atoms with van der Waals surface area (Å²) in [5.41, 5.74) is 2.00. The zero-order valence-electron chi connectivity index (χ0n) is 17.9. The number of nitrogens with zero attached hydrogens (tertiary/aromatic N) is 3. The van der Waals surface area contributed by atoms with Gasteiger partial charge in [-0.05, 0) is 42.5 Å². The highest BCUT2D eigenvalue weighted by molar-refractivity contribution is 5.79. The van der Waals surface area contributed by atoms with Crippen molar-refractivity contribution >= 4 is 11.8 Å². The number of piperidine rings is 1. The molecule has 0 unspecified atom stereocenters. The molecule has 0 bridgehead atoms. The molecule has 1 saturated heterocycles. The summed E-state index contributed by atoms with van der Waals surface area (Å²) < 4.78 is 5.85. The van der Waals surface area contributed by atoms with E-state index in [-0.39, 0.29) is 30.4 Å². The molecule has 2 atom stereocenters. The van der Waals surface area contributed by atoms with Crippen LogP contribution in [0.1, 0.15) is 24.0 Å². The topological polar surface area (TPSA) is 62.7 Å². The summed E-state index contributed by atoms with van der Waals surface area (Å²) in [6, 6.07) is 11.7. The number of aromatic nitrogens is 1. The summed E-state index contributed by atoms with van der Waals surface area (Å²) in [5, 5.41) is 0. The Morgan fingerprint density at radius 1 is 1.19 bits per heavy atom. The maximum absolute atomic E-state index is 12.9. The Balaban J connectivity index is 1.48. The Bertz CT molecular complexity index is 944. The predicted molar refractivity (Wildman–Crippen MR) is 119 cm³/mol. The summed E-state index contributed by atoms with van der Waals surface area (Å²) in [6.45, 7) is 1.35. The van der Waals surface area contributed by atoms with Crippen molar-refractivity contribution in [3.05, 3.63) is 72.1 Å². The second-order valence-electron chi connectivity index (χ2n) is 8.31. The average Bonchev–Trinajstić information content (AvgIpc) is 2.80. The third kappa shape index (κ3) is 5.13. The van der Waals surface area contributed by atoms with E-state index in [0.717, 1.165) is 36.1 Å². The lowest BCUT2D eigenvalue weighted by Gasteiger charge is -2.42. The highest BCUT2D eigenvalue weighted by Crippen LogP contribution is 2.27. The van der Waals surface area contributed by atoms with E-state index in [9.17, 15) is 9.59 Å². The standard InChI is InChI=1S/C25H29N3O3/c1-27-22-12-14-28(24(29)15-19-7-6-13-26-16-19)17-21(22)10-3-2-8-20-9-4-5-11-23(20)31-18-25(27)30/h2-7,9,11,13,16,21-22H,8,10,12,14-15,17-18H2,1H3/b3-2+/t21-,22+/m0/s1. The third-order valence-corrected chi connectivity index (χ3v) is 6.28. The zero-order chi connectivity index (χ0) is 21.6. The van der Waals surface area contributed by atoms with E-state index < -0.39 is 0 Å². The molecule has 4 rings (SSSR count). The van der Waals surface area contributed by atoms with E-state index in [4.69, 9.17) is 4.74 Å². The number of allylic oxidation sites excluding steroid dienone is 2. The number of likely N-dealkylation sites (N-methyl/N-ethyl adjacent to an activating group) is 1. The van der Waals surface area contributed by atoms with Crippen LogP contribution in [-0.2, 0) is 22.4 Å². The Morgan fingerprint density at radius 2 is 2.06 bits per heavy atom. The van der Waals surface area contributed by atoms with Gasteiger partial charge in [0.05, 0.1) is 6.42 Å². The van der Waals surface area contributed by atoms with Crippen molar-refractivity contribution in [3.63, 3.8) is 0 Å². The van der Waals surface area contributed by atoms with E-state index in [1.165, 1.54) is 0 Å². The lowest BCUT2D eigenvalue weighted by atomic mass is 9.87. The highest BCUT2D eigenvalue weighted by Gasteiger charge is 2.35. The van der Waals surface area contributed by atoms with Gasteiger partial charge in [-0.2, -0.15) is 0 Å². The summed E-state index contributed by atoms with van der Waals surface area (Å²) >= 11 is 0. The lowest BCUT2D eigenvalue weighted by Crippen LogP contribution is -2.53. The molecule has 0 N–H and O–H groups in total. The van der Waals surface area contributed by atoms with E-state index in [1.54, 1.807) is 12.4 Å². The van der Waals surface area contributed by atoms with Crippen molar-refractivity contribution in [1.29, 1.82) is 0 Å². The van der Waals surface area contributed by atoms with Crippen molar-refractivity contribution in [2.75, 3.05) is 26.7 Å². The number of hydrogen-bond acceptors (Lipinski definition) is 4. The number of amides is 2. The van der Waals surface area contributed by atoms with Gasteiger partial charge < -0.3 is 14.5 Å². The first-order chi connectivity index (χ1) is 15.1. The third-order valence-electron chi connectivity index (χ3n) is 6.28. The van der Waals surface area contributed by atoms with Crippen molar-refractivity contribution in [2.45, 2.75) is 31.7 Å². The molecule has 0 spiro atoms. The lowest BCUT2D eigenvalue weighted by molar-refractivity contribution is -0.139. The molecule has 1 fully saturated rings. The minimum absolute atomic E-state index is 0.0236. The number of likely N-dealkylation sites (tertiary alicyclic amines) is 1. The maximum Gasteiger partial charge on any atom is 0.260 e. The summed E-state index contributed by atoms with van der Waals surface area (Å²) in [7, 11) is 1.86. The molecule has 3 heterocycles. The molecule has 31 heavy (non-hydrogen) atoms. The van der Waals surface area contributed by atoms with Gasteiger partial charge in [0, 0.05) is 44.5 Å². The van der Waals surface area contributed by atoms with E-state index in [1.807, 2.05) is 53.2 Å². The second-order valence-corrected chi connectivity index (χ2v) is 8.31. The first-order valence-electron chi connectivity index (χ1n) is 10.9. The van der Waals surface area contributed by atoms with Gasteiger partial charge in [0.15, 0.2) is 6.61 Å². The number of fused-ring (bicyclic) bond motifs is 2. The molecule has 1 aromatic carbocycles. The Morgan fingerprint density at radius 3 is 2.90 bits per heavy atom. The van der Waals surface area contributed by atoms with Gasteiger partial charge in [0.25, 0.3) is 5.91 Å². The molecular weight excluding hydrogens is 390 g/mol. The molecule has 0 saturated carbocycles. The quantitative estimate of drug-likeness (QED) is 0.703. The van der Waals surface area contributed by atoms with E-state index in [0.29, 0.717) is 19.5 Å². The Labute approximate surface area is 183 Å². The average molecular weight is 420 g/mol. The summed E-state index contributed by atoms with van der Waals surface area (Å²) in [5.74, 6) is 1.06. The number of benzene rings is 1. The number of hydrogen-bond donors (Lipinski definition) is 0. The number of ether oxygens (including phenoxy) is 1. The van der Waals surface area contributed by atoms with Crippen LogP contribution in [0.5, 0.6) is 5.75 Å². The molecule has 6 nitrogen and oxygen atoms in total. The largest absolute Gasteiger partial charge is 0.483 e. The molecule has 2 amide bonds. The first-order valence-corrected chi connectivity index (χ1v) is 10.9. The van der Waals surface area contributed by atoms with Gasteiger partial charge in [-0.3, -0.25) is 14.6 Å². The molecule has 162 valence electrons. The molecule has 1 aromatic heterocycles. The molecule has 2 aromatic rings. The van der Waals surface area contributed by atoms with Crippen LogP contribution in [0.25, 0.3) is 0 Å². The molecule has 2 aliphatic heterocycles. The van der Waals surface area contributed by atoms with Gasteiger partial charge >= 0.3 is 0 Å². The molecule has 0 radical (unpaired) electrons. The van der Waals surface area contributed by atoms with Gasteiger partial charge in [0.2, 0.25) is 5.91 Å². The van der Waals surface area contributed by atoms with E-state index >= 15 is 0 Å². The maximum atomic E-state index is 12.9. The fourth-order valence-corrected chi connectivity index (χ4v) is 4.50. The fourth-order valence-electron chi connectivity index (χ4n) is 4.50. The van der Waals surface area contributed by atoms with Gasteiger partial charge in [-0.15, -0.1) is 0 Å². The van der Waals surface area contributed by atoms with Gasteiger partial charge in [-0.1, -0.05) is 36.4 Å². The number of rotatable bonds is 2. The molecule has 2 aliphatic rings. The predicted octanol–water partition coefficient (Wildman–Crippen LogP) is 2.88. The Kier molecular flexibility index (Phi) is 6.65. The van der Waals surface area contributed by atoms with Crippen LogP contribution in [0.4, 0.5) is 0 Å². The van der Waals surface area contributed by atoms with Crippen LogP contribution in [-0.4, -0.2) is 59.4 Å². The SMILES string of the molecule is CN1C(=O)COc2ccccc2C/C=C/C[C@H]2CN(C(=O)Cc3cccnc3)CC[C@H]21. The monoisotopic (exact) mass is 419 g/mol. The van der Waals surface area contributed by atoms with Crippen LogP contribution >= 0.6 is 0 Å². The van der Waals surface area contributed by atoms with Crippen LogP contribution in [0, 0.1) is 5.92 Å². The minimum atomic E-state index is -0.0236. The Hall–Kier alpha value is -3.15. The molecule has 6 heteroatoms. The number of para-hydroxylation sites is 1. The smallest absolute Gasteiger partial charge is 0.260 e. The summed E-state index contributed by atoms with van der Waals surface area (Å²) in [6.07, 6.45) is 10.5. The highest BCUT2D eigenvalue weighted by atomic mass is 16.5.